The van der Waals surface area contributed by atoms with Crippen molar-refractivity contribution in [1.82, 2.24) is 0 Å². The number of carbonyl (C=O) groups is 1. The van der Waals surface area contributed by atoms with E-state index in [2.05, 4.69) is 6.58 Å². The van der Waals surface area contributed by atoms with Crippen molar-refractivity contribution in [3.8, 4) is 0 Å². The molecule has 1 aliphatic heterocycles. The molecule has 4 heteroatoms. The van der Waals surface area contributed by atoms with Crippen LogP contribution in [0.3, 0.4) is 0 Å². The van der Waals surface area contributed by atoms with Crippen LogP contribution in [0.4, 0.5) is 0 Å². The maximum absolute atomic E-state index is 11.2. The quantitative estimate of drug-likeness (QED) is 0.724. The number of hydrogen-bond donors (Lipinski definition) is 2. The molecule has 0 saturated heterocycles. The molecule has 0 aliphatic carbocycles. The van der Waals surface area contributed by atoms with Gasteiger partial charge >= 0.3 is 5.97 Å². The number of hydrogen-bond acceptors (Lipinski definition) is 3. The third-order valence-electron chi connectivity index (χ3n) is 2.68. The summed E-state index contributed by atoms with van der Waals surface area (Å²) in [4.78, 5) is 11.2. The molecular formula is C15H20O4. The molecular weight excluding hydrogens is 244 g/mol. The Morgan fingerprint density at radius 1 is 1.53 bits per heavy atom. The van der Waals surface area contributed by atoms with Crippen molar-refractivity contribution in [1.29, 1.82) is 0 Å². The van der Waals surface area contributed by atoms with Crippen molar-refractivity contribution >= 4 is 5.97 Å². The maximum Gasteiger partial charge on any atom is 0.339 e. The zero-order chi connectivity index (χ0) is 14.4. The van der Waals surface area contributed by atoms with E-state index in [0.29, 0.717) is 11.3 Å². The fraction of sp³-hybridized carbons (Fsp3) is 0.400. The van der Waals surface area contributed by atoms with Gasteiger partial charge < -0.3 is 14.9 Å². The molecule has 1 rings (SSSR count). The first-order chi connectivity index (χ1) is 8.97. The number of aliphatic carboxylic acids is 1. The van der Waals surface area contributed by atoms with E-state index in [9.17, 15) is 15.0 Å². The molecule has 4 nitrogen and oxygen atoms in total. The Bertz CT molecular complexity index is 441. The molecule has 2 unspecified atom stereocenters. The van der Waals surface area contributed by atoms with Crippen LogP contribution in [0.15, 0.2) is 47.8 Å². The topological polar surface area (TPSA) is 66.8 Å². The largest absolute Gasteiger partial charge is 0.485 e. The van der Waals surface area contributed by atoms with Crippen LogP contribution >= 0.6 is 0 Å². The second-order valence-corrected chi connectivity index (χ2v) is 4.44. The van der Waals surface area contributed by atoms with E-state index in [1.54, 1.807) is 13.0 Å². The highest BCUT2D eigenvalue weighted by molar-refractivity contribution is 5.93. The molecule has 1 heterocycles. The van der Waals surface area contributed by atoms with Gasteiger partial charge in [-0.05, 0) is 19.4 Å². The number of allylic oxidation sites excluding steroid dienone is 3. The second-order valence-electron chi connectivity index (χ2n) is 4.44. The molecule has 2 atom stereocenters. The smallest absolute Gasteiger partial charge is 0.339 e. The summed E-state index contributed by atoms with van der Waals surface area (Å²) >= 11 is 0. The van der Waals surface area contributed by atoms with Gasteiger partial charge in [0, 0.05) is 12.0 Å². The third-order valence-corrected chi connectivity index (χ3v) is 2.68. The van der Waals surface area contributed by atoms with E-state index in [4.69, 9.17) is 4.74 Å². The Labute approximate surface area is 113 Å². The summed E-state index contributed by atoms with van der Waals surface area (Å²) in [6.07, 6.45) is 7.41. The fourth-order valence-corrected chi connectivity index (χ4v) is 1.81. The molecule has 0 aromatic carbocycles. The number of carboxylic acid groups (broad SMARTS) is 1. The molecule has 0 aromatic rings. The summed E-state index contributed by atoms with van der Waals surface area (Å²) in [6.45, 7) is 7.39. The molecule has 0 fully saturated rings. The van der Waals surface area contributed by atoms with Crippen LogP contribution in [0.1, 0.15) is 26.7 Å². The number of carboxylic acids is 1. The summed E-state index contributed by atoms with van der Waals surface area (Å²) in [5.41, 5.74) is 0.499. The lowest BCUT2D eigenvalue weighted by Crippen LogP contribution is -2.07. The molecule has 0 amide bonds. The molecule has 1 aliphatic rings. The zero-order valence-corrected chi connectivity index (χ0v) is 11.3. The minimum atomic E-state index is -1.07. The summed E-state index contributed by atoms with van der Waals surface area (Å²) in [7, 11) is 0. The van der Waals surface area contributed by atoms with Crippen molar-refractivity contribution in [3.63, 3.8) is 0 Å². The maximum atomic E-state index is 11.2. The minimum Gasteiger partial charge on any atom is -0.485 e. The number of aliphatic hydroxyl groups excluding tert-OH is 1. The summed E-state index contributed by atoms with van der Waals surface area (Å²) < 4.78 is 5.56. The first kappa shape index (κ1) is 15.2. The van der Waals surface area contributed by atoms with E-state index < -0.39 is 18.2 Å². The summed E-state index contributed by atoms with van der Waals surface area (Å²) in [6, 6.07) is 0. The molecule has 0 aromatic heterocycles. The van der Waals surface area contributed by atoms with Gasteiger partial charge in [-0.3, -0.25) is 0 Å². The average Bonchev–Trinajstić information content (AvgIpc) is 2.60. The highest BCUT2D eigenvalue weighted by atomic mass is 16.5. The van der Waals surface area contributed by atoms with Gasteiger partial charge in [0.25, 0.3) is 0 Å². The molecule has 0 radical (unpaired) electrons. The van der Waals surface area contributed by atoms with Crippen LogP contribution in [-0.2, 0) is 9.53 Å². The Hall–Kier alpha value is -1.81. The number of aliphatic hydroxyl groups is 1. The lowest BCUT2D eigenvalue weighted by Gasteiger charge is -2.10. The second kappa shape index (κ2) is 6.95. The van der Waals surface area contributed by atoms with E-state index in [1.165, 1.54) is 0 Å². The van der Waals surface area contributed by atoms with Crippen molar-refractivity contribution in [2.75, 3.05) is 0 Å². The minimum absolute atomic E-state index is 0.0787. The van der Waals surface area contributed by atoms with Gasteiger partial charge in [0.1, 0.15) is 17.4 Å². The average molecular weight is 264 g/mol. The van der Waals surface area contributed by atoms with Crippen LogP contribution in [-0.4, -0.2) is 28.4 Å². The van der Waals surface area contributed by atoms with Crippen molar-refractivity contribution in [2.45, 2.75) is 38.9 Å². The SMILES string of the molecule is C=C1C(C(=O)O)=C(CC(C)O)OC1/C=C/C=C/CC. The van der Waals surface area contributed by atoms with Crippen LogP contribution in [0.25, 0.3) is 0 Å². The monoisotopic (exact) mass is 264 g/mol. The van der Waals surface area contributed by atoms with E-state index in [-0.39, 0.29) is 12.0 Å². The van der Waals surface area contributed by atoms with Gasteiger partial charge in [-0.25, -0.2) is 4.79 Å². The summed E-state index contributed by atoms with van der Waals surface area (Å²) in [5.74, 6) is -0.776. The van der Waals surface area contributed by atoms with Crippen LogP contribution in [0, 0.1) is 0 Å². The van der Waals surface area contributed by atoms with Crippen LogP contribution in [0.2, 0.25) is 0 Å². The predicted molar refractivity (Wildman–Crippen MR) is 73.5 cm³/mol. The first-order valence-corrected chi connectivity index (χ1v) is 6.31. The van der Waals surface area contributed by atoms with Crippen molar-refractivity contribution in [2.24, 2.45) is 0 Å². The van der Waals surface area contributed by atoms with Crippen LogP contribution in [0.5, 0.6) is 0 Å². The van der Waals surface area contributed by atoms with Gasteiger partial charge in [0.05, 0.1) is 6.10 Å². The van der Waals surface area contributed by atoms with Crippen LogP contribution < -0.4 is 0 Å². The highest BCUT2D eigenvalue weighted by Gasteiger charge is 2.32. The fourth-order valence-electron chi connectivity index (χ4n) is 1.81. The number of rotatable bonds is 6. The Balaban J connectivity index is 2.85. The van der Waals surface area contributed by atoms with Crippen molar-refractivity contribution < 1.29 is 19.7 Å². The van der Waals surface area contributed by atoms with E-state index in [1.807, 2.05) is 25.2 Å². The third kappa shape index (κ3) is 4.10. The molecule has 0 bridgehead atoms. The molecule has 0 saturated carbocycles. The lowest BCUT2D eigenvalue weighted by molar-refractivity contribution is -0.132. The molecule has 19 heavy (non-hydrogen) atoms. The standard InChI is InChI=1S/C15H20O4/c1-4-5-6-7-8-12-11(3)14(15(17)18)13(19-12)9-10(2)16/h5-8,10,12,16H,3-4,9H2,1-2H3,(H,17,18)/b6-5+,8-7+. The van der Waals surface area contributed by atoms with Gasteiger partial charge in [0.15, 0.2) is 0 Å². The molecule has 0 spiro atoms. The molecule has 2 N–H and O–H groups in total. The first-order valence-electron chi connectivity index (χ1n) is 6.31. The van der Waals surface area contributed by atoms with Crippen molar-refractivity contribution in [3.05, 3.63) is 47.8 Å². The highest BCUT2D eigenvalue weighted by Crippen LogP contribution is 2.33. The Kier molecular flexibility index (Phi) is 5.57. The number of ether oxygens (including phenoxy) is 1. The zero-order valence-electron chi connectivity index (χ0n) is 11.3. The van der Waals surface area contributed by atoms with Gasteiger partial charge in [0.2, 0.25) is 0 Å². The molecule has 104 valence electrons. The lowest BCUT2D eigenvalue weighted by atomic mass is 10.0. The van der Waals surface area contributed by atoms with Gasteiger partial charge in [-0.1, -0.05) is 31.7 Å². The predicted octanol–water partition coefficient (Wildman–Crippen LogP) is 2.57. The Morgan fingerprint density at radius 2 is 2.21 bits per heavy atom. The normalized spacial score (nSPS) is 21.4. The van der Waals surface area contributed by atoms with Gasteiger partial charge in [-0.2, -0.15) is 0 Å². The van der Waals surface area contributed by atoms with Gasteiger partial charge in [-0.15, -0.1) is 0 Å². The summed E-state index contributed by atoms with van der Waals surface area (Å²) in [5, 5.41) is 18.5. The van der Waals surface area contributed by atoms with E-state index >= 15 is 0 Å². The Morgan fingerprint density at radius 3 is 2.74 bits per heavy atom. The van der Waals surface area contributed by atoms with E-state index in [0.717, 1.165) is 6.42 Å².